The summed E-state index contributed by atoms with van der Waals surface area (Å²) >= 11 is 0. The van der Waals surface area contributed by atoms with Gasteiger partial charge in [-0.15, -0.1) is 5.10 Å². The Balaban J connectivity index is 1.80. The summed E-state index contributed by atoms with van der Waals surface area (Å²) in [6.07, 6.45) is 0.551. The minimum atomic E-state index is -0.377. The number of aryl methyl sites for hydroxylation is 1. The van der Waals surface area contributed by atoms with Crippen LogP contribution in [0.25, 0.3) is 5.69 Å². The van der Waals surface area contributed by atoms with Crippen molar-refractivity contribution in [2.45, 2.75) is 19.4 Å². The van der Waals surface area contributed by atoms with Gasteiger partial charge in [-0.3, -0.25) is 4.79 Å². The number of hydrogen-bond acceptors (Lipinski definition) is 5. The average Bonchev–Trinajstić information content (AvgIpc) is 3.07. The van der Waals surface area contributed by atoms with Crippen molar-refractivity contribution in [1.82, 2.24) is 25.5 Å². The predicted octanol–water partition coefficient (Wildman–Crippen LogP) is 1.30. The van der Waals surface area contributed by atoms with Crippen LogP contribution in [0.15, 0.2) is 54.6 Å². The Morgan fingerprint density at radius 3 is 2.56 bits per heavy atom. The number of amides is 1. The SMILES string of the molecule is Cc1nnnn1-c1ccccc1C(=O)N[C@@H](CO)Cc1ccccc1. The van der Waals surface area contributed by atoms with E-state index in [2.05, 4.69) is 20.8 Å². The lowest BCUT2D eigenvalue weighted by atomic mass is 10.1. The van der Waals surface area contributed by atoms with Gasteiger partial charge in [-0.25, -0.2) is 0 Å². The average molecular weight is 337 g/mol. The lowest BCUT2D eigenvalue weighted by Crippen LogP contribution is -2.39. The molecule has 0 radical (unpaired) electrons. The van der Waals surface area contributed by atoms with Gasteiger partial charge < -0.3 is 10.4 Å². The molecule has 0 aliphatic carbocycles. The number of aliphatic hydroxyl groups excluding tert-OH is 1. The fourth-order valence-electron chi connectivity index (χ4n) is 2.63. The zero-order valence-electron chi connectivity index (χ0n) is 13.8. The molecule has 2 N–H and O–H groups in total. The summed E-state index contributed by atoms with van der Waals surface area (Å²) in [6, 6.07) is 16.4. The second-order valence-electron chi connectivity index (χ2n) is 5.70. The standard InChI is InChI=1S/C18H19N5O2/c1-13-20-21-22-23(13)17-10-6-5-9-16(17)18(25)19-15(12-24)11-14-7-3-2-4-8-14/h2-10,15,24H,11-12H2,1H3,(H,19,25)/t15-/m1/s1. The number of benzene rings is 2. The van der Waals surface area contributed by atoms with Crippen LogP contribution >= 0.6 is 0 Å². The molecule has 128 valence electrons. The number of hydrogen-bond donors (Lipinski definition) is 2. The molecule has 0 saturated heterocycles. The minimum absolute atomic E-state index is 0.146. The highest BCUT2D eigenvalue weighted by Crippen LogP contribution is 2.15. The van der Waals surface area contributed by atoms with Crippen LogP contribution in [0.2, 0.25) is 0 Å². The van der Waals surface area contributed by atoms with Gasteiger partial charge in [0.05, 0.1) is 23.9 Å². The number of nitrogens with zero attached hydrogens (tertiary/aromatic N) is 4. The first-order valence-corrected chi connectivity index (χ1v) is 7.99. The van der Waals surface area contributed by atoms with E-state index in [0.29, 0.717) is 23.5 Å². The molecule has 7 heteroatoms. The van der Waals surface area contributed by atoms with E-state index in [0.717, 1.165) is 5.56 Å². The van der Waals surface area contributed by atoms with Crippen molar-refractivity contribution in [2.24, 2.45) is 0 Å². The Kier molecular flexibility index (Phi) is 5.15. The lowest BCUT2D eigenvalue weighted by molar-refractivity contribution is 0.0916. The third-order valence-electron chi connectivity index (χ3n) is 3.88. The van der Waals surface area contributed by atoms with Crippen molar-refractivity contribution in [3.05, 3.63) is 71.5 Å². The summed E-state index contributed by atoms with van der Waals surface area (Å²) in [5, 5.41) is 23.9. The largest absolute Gasteiger partial charge is 0.394 e. The molecule has 1 heterocycles. The van der Waals surface area contributed by atoms with Gasteiger partial charge in [0.15, 0.2) is 5.82 Å². The molecule has 0 aliphatic rings. The van der Waals surface area contributed by atoms with Crippen molar-refractivity contribution >= 4 is 5.91 Å². The van der Waals surface area contributed by atoms with Gasteiger partial charge in [-0.05, 0) is 41.5 Å². The highest BCUT2D eigenvalue weighted by Gasteiger charge is 2.18. The van der Waals surface area contributed by atoms with E-state index in [1.54, 1.807) is 25.1 Å². The number of carbonyl (C=O) groups is 1. The highest BCUT2D eigenvalue weighted by molar-refractivity contribution is 5.97. The molecule has 1 aromatic heterocycles. The first-order valence-electron chi connectivity index (χ1n) is 7.99. The molecule has 0 spiro atoms. The van der Waals surface area contributed by atoms with Crippen molar-refractivity contribution in [3.63, 3.8) is 0 Å². The van der Waals surface area contributed by atoms with Crippen LogP contribution in [0.3, 0.4) is 0 Å². The fraction of sp³-hybridized carbons (Fsp3) is 0.222. The molecule has 0 unspecified atom stereocenters. The van der Waals surface area contributed by atoms with E-state index in [1.165, 1.54) is 4.68 Å². The Bertz CT molecular complexity index is 847. The third kappa shape index (κ3) is 3.89. The zero-order chi connectivity index (χ0) is 17.6. The predicted molar refractivity (Wildman–Crippen MR) is 92.4 cm³/mol. The van der Waals surface area contributed by atoms with Crippen LogP contribution in [0, 0.1) is 6.92 Å². The van der Waals surface area contributed by atoms with Crippen LogP contribution in [0.5, 0.6) is 0 Å². The number of aromatic nitrogens is 4. The van der Waals surface area contributed by atoms with E-state index >= 15 is 0 Å². The summed E-state index contributed by atoms with van der Waals surface area (Å²) < 4.78 is 1.51. The van der Waals surface area contributed by atoms with Gasteiger partial charge in [0, 0.05) is 0 Å². The molecule has 1 atom stereocenters. The molecule has 2 aromatic carbocycles. The maximum atomic E-state index is 12.7. The van der Waals surface area contributed by atoms with Gasteiger partial charge in [-0.1, -0.05) is 42.5 Å². The Morgan fingerprint density at radius 1 is 1.16 bits per heavy atom. The summed E-state index contributed by atoms with van der Waals surface area (Å²) in [7, 11) is 0. The topological polar surface area (TPSA) is 92.9 Å². The maximum absolute atomic E-state index is 12.7. The minimum Gasteiger partial charge on any atom is -0.394 e. The second kappa shape index (κ2) is 7.67. The molecule has 0 saturated carbocycles. The number of tetrazole rings is 1. The summed E-state index contributed by atoms with van der Waals surface area (Å²) in [5.41, 5.74) is 2.09. The summed E-state index contributed by atoms with van der Waals surface area (Å²) in [5.74, 6) is 0.309. The van der Waals surface area contributed by atoms with Crippen LogP contribution in [0.1, 0.15) is 21.7 Å². The normalized spacial score (nSPS) is 11.9. The van der Waals surface area contributed by atoms with Crippen LogP contribution < -0.4 is 5.32 Å². The molecule has 3 aromatic rings. The van der Waals surface area contributed by atoms with Crippen LogP contribution in [-0.4, -0.2) is 43.9 Å². The van der Waals surface area contributed by atoms with Crippen molar-refractivity contribution < 1.29 is 9.90 Å². The van der Waals surface area contributed by atoms with E-state index in [-0.39, 0.29) is 18.6 Å². The van der Waals surface area contributed by atoms with E-state index < -0.39 is 0 Å². The molecule has 3 rings (SSSR count). The van der Waals surface area contributed by atoms with Gasteiger partial charge in [0.1, 0.15) is 0 Å². The number of para-hydroxylation sites is 1. The first kappa shape index (κ1) is 16.8. The number of aliphatic hydroxyl groups is 1. The lowest BCUT2D eigenvalue weighted by Gasteiger charge is -2.17. The quantitative estimate of drug-likeness (QED) is 0.707. The smallest absolute Gasteiger partial charge is 0.253 e. The van der Waals surface area contributed by atoms with Gasteiger partial charge in [-0.2, -0.15) is 4.68 Å². The van der Waals surface area contributed by atoms with Gasteiger partial charge in [0.2, 0.25) is 0 Å². The summed E-state index contributed by atoms with van der Waals surface area (Å²) in [4.78, 5) is 12.7. The molecule has 1 amide bonds. The maximum Gasteiger partial charge on any atom is 0.253 e. The number of carbonyl (C=O) groups excluding carboxylic acids is 1. The monoisotopic (exact) mass is 337 g/mol. The summed E-state index contributed by atoms with van der Waals surface area (Å²) in [6.45, 7) is 1.62. The Labute approximate surface area is 145 Å². The van der Waals surface area contributed by atoms with E-state index in [9.17, 15) is 9.90 Å². The molecule has 0 bridgehead atoms. The molecular weight excluding hydrogens is 318 g/mol. The molecule has 7 nitrogen and oxygen atoms in total. The van der Waals surface area contributed by atoms with E-state index in [4.69, 9.17) is 0 Å². The van der Waals surface area contributed by atoms with Gasteiger partial charge in [0.25, 0.3) is 5.91 Å². The Morgan fingerprint density at radius 2 is 1.88 bits per heavy atom. The zero-order valence-corrected chi connectivity index (χ0v) is 13.8. The van der Waals surface area contributed by atoms with Crippen molar-refractivity contribution in [3.8, 4) is 5.69 Å². The third-order valence-corrected chi connectivity index (χ3v) is 3.88. The van der Waals surface area contributed by atoms with Crippen LogP contribution in [0.4, 0.5) is 0 Å². The molecule has 0 aliphatic heterocycles. The second-order valence-corrected chi connectivity index (χ2v) is 5.70. The Hall–Kier alpha value is -3.06. The number of rotatable bonds is 6. The van der Waals surface area contributed by atoms with E-state index in [1.807, 2.05) is 36.4 Å². The molecule has 0 fully saturated rings. The van der Waals surface area contributed by atoms with Crippen molar-refractivity contribution in [2.75, 3.05) is 6.61 Å². The van der Waals surface area contributed by atoms with Crippen molar-refractivity contribution in [1.29, 1.82) is 0 Å². The number of nitrogens with one attached hydrogen (secondary N) is 1. The van der Waals surface area contributed by atoms with Gasteiger partial charge >= 0.3 is 0 Å². The molecule has 25 heavy (non-hydrogen) atoms. The van der Waals surface area contributed by atoms with Crippen LogP contribution in [-0.2, 0) is 6.42 Å². The molecular formula is C18H19N5O2. The fourth-order valence-corrected chi connectivity index (χ4v) is 2.63. The first-order chi connectivity index (χ1) is 12.2. The highest BCUT2D eigenvalue weighted by atomic mass is 16.3.